The molecule has 0 saturated carbocycles. The van der Waals surface area contributed by atoms with Gasteiger partial charge in [-0.3, -0.25) is 4.79 Å². The zero-order valence-corrected chi connectivity index (χ0v) is 16.9. The molecule has 8 heteroatoms. The highest BCUT2D eigenvalue weighted by Gasteiger charge is 2.12. The Hall–Kier alpha value is -1.48. The molecule has 0 saturated heterocycles. The Balaban J connectivity index is 1.45. The summed E-state index contributed by atoms with van der Waals surface area (Å²) in [5.41, 5.74) is 3.26. The molecule has 0 radical (unpaired) electrons. The molecule has 4 aromatic heterocycles. The number of rotatable bonds is 5. The van der Waals surface area contributed by atoms with E-state index >= 15 is 0 Å². The van der Waals surface area contributed by atoms with E-state index in [1.165, 1.54) is 5.56 Å². The fraction of sp³-hybridized carbons (Fsp3) is 0.235. The fourth-order valence-electron chi connectivity index (χ4n) is 2.51. The van der Waals surface area contributed by atoms with Gasteiger partial charge in [-0.1, -0.05) is 0 Å². The number of aromatic nitrogens is 3. The first-order valence-electron chi connectivity index (χ1n) is 7.65. The zero-order valence-electron chi connectivity index (χ0n) is 13.7. The Kier molecular flexibility index (Phi) is 4.77. The van der Waals surface area contributed by atoms with Crippen molar-refractivity contribution >= 4 is 56.0 Å². The molecule has 0 aromatic carbocycles. The van der Waals surface area contributed by atoms with Crippen LogP contribution in [0, 0.1) is 13.8 Å². The number of nitrogens with one attached hydrogen (secondary N) is 1. The van der Waals surface area contributed by atoms with Crippen molar-refractivity contribution in [1.29, 1.82) is 0 Å². The van der Waals surface area contributed by atoms with Gasteiger partial charge in [-0.25, -0.2) is 9.97 Å². The molecule has 0 unspecified atom stereocenters. The van der Waals surface area contributed by atoms with E-state index in [-0.39, 0.29) is 5.56 Å². The average Bonchev–Trinajstić information content (AvgIpc) is 3.29. The van der Waals surface area contributed by atoms with Gasteiger partial charge in [-0.15, -0.1) is 34.4 Å². The molecule has 25 heavy (non-hydrogen) atoms. The molecule has 0 aliphatic rings. The van der Waals surface area contributed by atoms with Crippen molar-refractivity contribution < 1.29 is 0 Å². The number of aromatic amines is 1. The van der Waals surface area contributed by atoms with Crippen molar-refractivity contribution in [2.24, 2.45) is 0 Å². The van der Waals surface area contributed by atoms with Crippen molar-refractivity contribution in [3.8, 4) is 10.6 Å². The highest BCUT2D eigenvalue weighted by molar-refractivity contribution is 7.97. The van der Waals surface area contributed by atoms with Crippen LogP contribution in [0.2, 0.25) is 0 Å². The second-order valence-corrected chi connectivity index (χ2v) is 9.45. The van der Waals surface area contributed by atoms with Crippen LogP contribution in [-0.4, -0.2) is 15.0 Å². The maximum absolute atomic E-state index is 12.3. The third-order valence-electron chi connectivity index (χ3n) is 3.90. The van der Waals surface area contributed by atoms with Crippen LogP contribution in [0.5, 0.6) is 0 Å². The number of H-pyrrole nitrogens is 1. The van der Waals surface area contributed by atoms with Gasteiger partial charge >= 0.3 is 0 Å². The lowest BCUT2D eigenvalue weighted by Gasteiger charge is -2.00. The minimum absolute atomic E-state index is 0.0316. The largest absolute Gasteiger partial charge is 0.309 e. The molecule has 0 fully saturated rings. The average molecular weight is 406 g/mol. The zero-order chi connectivity index (χ0) is 17.4. The van der Waals surface area contributed by atoms with E-state index < -0.39 is 0 Å². The molecule has 0 amide bonds. The summed E-state index contributed by atoms with van der Waals surface area (Å²) >= 11 is 6.66. The van der Waals surface area contributed by atoms with Gasteiger partial charge in [0.25, 0.3) is 5.56 Å². The summed E-state index contributed by atoms with van der Waals surface area (Å²) in [5, 5.41) is 8.08. The minimum atomic E-state index is -0.0316. The number of hydrogen-bond donors (Lipinski definition) is 1. The topological polar surface area (TPSA) is 58.6 Å². The van der Waals surface area contributed by atoms with Crippen LogP contribution in [0.15, 0.2) is 27.0 Å². The van der Waals surface area contributed by atoms with Crippen molar-refractivity contribution in [2.45, 2.75) is 25.4 Å². The van der Waals surface area contributed by atoms with E-state index in [0.29, 0.717) is 5.75 Å². The number of thiazole rings is 1. The molecule has 0 bridgehead atoms. The lowest BCUT2D eigenvalue weighted by molar-refractivity contribution is 1.04. The number of nitrogens with zero attached hydrogens (tertiary/aromatic N) is 2. The summed E-state index contributed by atoms with van der Waals surface area (Å²) in [5.74, 6) is 2.22. The van der Waals surface area contributed by atoms with Gasteiger partial charge in [0.05, 0.1) is 16.8 Å². The van der Waals surface area contributed by atoms with Gasteiger partial charge < -0.3 is 4.98 Å². The van der Waals surface area contributed by atoms with Gasteiger partial charge in [-0.05, 0) is 30.9 Å². The van der Waals surface area contributed by atoms with Gasteiger partial charge in [0.15, 0.2) is 0 Å². The van der Waals surface area contributed by atoms with Crippen LogP contribution in [0.4, 0.5) is 0 Å². The van der Waals surface area contributed by atoms with Crippen LogP contribution in [0.25, 0.3) is 20.8 Å². The van der Waals surface area contributed by atoms with E-state index in [0.717, 1.165) is 42.9 Å². The second-order valence-electron chi connectivity index (χ2n) is 5.62. The van der Waals surface area contributed by atoms with Crippen LogP contribution in [-0.2, 0) is 11.5 Å². The normalized spacial score (nSPS) is 11.4. The maximum Gasteiger partial charge on any atom is 0.259 e. The van der Waals surface area contributed by atoms with Crippen molar-refractivity contribution in [3.63, 3.8) is 0 Å². The van der Waals surface area contributed by atoms with Crippen molar-refractivity contribution in [2.75, 3.05) is 0 Å². The van der Waals surface area contributed by atoms with E-state index in [1.54, 1.807) is 45.8 Å². The summed E-state index contributed by atoms with van der Waals surface area (Å²) in [7, 11) is 0. The molecule has 4 aromatic rings. The predicted octanol–water partition coefficient (Wildman–Crippen LogP) is 5.22. The smallest absolute Gasteiger partial charge is 0.259 e. The van der Waals surface area contributed by atoms with Crippen LogP contribution < -0.4 is 5.56 Å². The number of fused-ring (bicyclic) bond motifs is 1. The lowest BCUT2D eigenvalue weighted by Crippen LogP contribution is -2.10. The minimum Gasteiger partial charge on any atom is -0.309 e. The number of thiophene rings is 2. The van der Waals surface area contributed by atoms with Crippen LogP contribution in [0.3, 0.4) is 0 Å². The van der Waals surface area contributed by atoms with E-state index in [4.69, 9.17) is 0 Å². The molecule has 4 rings (SSSR count). The predicted molar refractivity (Wildman–Crippen MR) is 110 cm³/mol. The van der Waals surface area contributed by atoms with E-state index in [1.807, 2.05) is 13.8 Å². The SMILES string of the molecule is Cc1sc2nc(CSCc3csc(-c4ccsc4)n3)[nH]c(=O)c2c1C. The Morgan fingerprint density at radius 3 is 2.88 bits per heavy atom. The Bertz CT molecular complexity index is 1080. The third-order valence-corrected chi connectivity index (χ3v) is 7.60. The summed E-state index contributed by atoms with van der Waals surface area (Å²) in [6, 6.07) is 2.09. The number of thioether (sulfide) groups is 1. The summed E-state index contributed by atoms with van der Waals surface area (Å²) in [6.45, 7) is 4.01. The molecule has 0 aliphatic carbocycles. The molecule has 0 aliphatic heterocycles. The quantitative estimate of drug-likeness (QED) is 0.494. The molecule has 128 valence electrons. The van der Waals surface area contributed by atoms with E-state index in [2.05, 4.69) is 37.2 Å². The fourth-order valence-corrected chi connectivity index (χ4v) is 5.99. The first-order chi connectivity index (χ1) is 12.1. The van der Waals surface area contributed by atoms with Gasteiger partial charge in [-0.2, -0.15) is 11.3 Å². The molecular formula is C17H15N3OS4. The molecule has 4 heterocycles. The Morgan fingerprint density at radius 2 is 2.08 bits per heavy atom. The third kappa shape index (κ3) is 3.44. The highest BCUT2D eigenvalue weighted by atomic mass is 32.2. The van der Waals surface area contributed by atoms with Gasteiger partial charge in [0.2, 0.25) is 0 Å². The molecule has 0 spiro atoms. The number of aryl methyl sites for hydroxylation is 2. The first kappa shape index (κ1) is 17.0. The monoisotopic (exact) mass is 405 g/mol. The summed E-state index contributed by atoms with van der Waals surface area (Å²) in [6.07, 6.45) is 0. The molecule has 1 N–H and O–H groups in total. The van der Waals surface area contributed by atoms with Gasteiger partial charge in [0, 0.05) is 27.0 Å². The first-order valence-corrected chi connectivity index (χ1v) is 11.4. The molecular weight excluding hydrogens is 390 g/mol. The number of hydrogen-bond acceptors (Lipinski definition) is 7. The van der Waals surface area contributed by atoms with Crippen LogP contribution in [0.1, 0.15) is 22.0 Å². The second kappa shape index (κ2) is 7.03. The van der Waals surface area contributed by atoms with E-state index in [9.17, 15) is 4.79 Å². The maximum atomic E-state index is 12.3. The highest BCUT2D eigenvalue weighted by Crippen LogP contribution is 2.28. The Labute approximate surface area is 161 Å². The van der Waals surface area contributed by atoms with Crippen molar-refractivity contribution in [1.82, 2.24) is 15.0 Å². The molecule has 0 atom stereocenters. The van der Waals surface area contributed by atoms with Gasteiger partial charge in [0.1, 0.15) is 15.7 Å². The standard InChI is InChI=1S/C17H15N3OS4/c1-9-10(2)25-17-14(9)15(21)19-13(20-17)8-23-6-12-7-24-16(18-12)11-3-4-22-5-11/h3-5,7H,6,8H2,1-2H3,(H,19,20,21). The Morgan fingerprint density at radius 1 is 1.20 bits per heavy atom. The lowest BCUT2D eigenvalue weighted by atomic mass is 10.2. The summed E-state index contributed by atoms with van der Waals surface area (Å²) in [4.78, 5) is 26.5. The summed E-state index contributed by atoms with van der Waals surface area (Å²) < 4.78 is 0. The molecule has 4 nitrogen and oxygen atoms in total. The van der Waals surface area contributed by atoms with Crippen LogP contribution >= 0.6 is 45.8 Å². The van der Waals surface area contributed by atoms with Crippen molar-refractivity contribution in [3.05, 3.63) is 54.5 Å².